The Hall–Kier alpha value is -2.47. The maximum atomic E-state index is 11.1. The molecule has 2 N–H and O–H groups in total. The predicted molar refractivity (Wildman–Crippen MR) is 93.0 cm³/mol. The van der Waals surface area contributed by atoms with Crippen molar-refractivity contribution < 1.29 is 9.90 Å². The zero-order valence-corrected chi connectivity index (χ0v) is 13.3. The first-order valence-corrected chi connectivity index (χ1v) is 8.31. The van der Waals surface area contributed by atoms with Gasteiger partial charge in [0, 0.05) is 18.0 Å². The van der Waals surface area contributed by atoms with Gasteiger partial charge in [0.15, 0.2) is 5.16 Å². The lowest BCUT2D eigenvalue weighted by Crippen LogP contribution is -2.10. The first-order valence-electron chi connectivity index (χ1n) is 7.33. The first-order chi connectivity index (χ1) is 11.2. The monoisotopic (exact) mass is 327 g/mol. The number of carboxylic acids is 1. The normalized spacial score (nSPS) is 10.8. The number of para-hydroxylation sites is 3. The fraction of sp³-hybridized carbons (Fsp3) is 0.176. The molecular weight excluding hydrogens is 310 g/mol. The SMILES string of the molecule is O=C(O)Cn1c(SCCNc2ccccc2)nc2ccccc21. The Labute approximate surface area is 138 Å². The van der Waals surface area contributed by atoms with E-state index < -0.39 is 5.97 Å². The summed E-state index contributed by atoms with van der Waals surface area (Å²) in [7, 11) is 0. The molecule has 0 aliphatic carbocycles. The number of carboxylic acid groups (broad SMARTS) is 1. The number of rotatable bonds is 7. The van der Waals surface area contributed by atoms with E-state index in [0.29, 0.717) is 0 Å². The number of hydrogen-bond donors (Lipinski definition) is 2. The molecular formula is C17H17N3O2S. The van der Waals surface area contributed by atoms with Gasteiger partial charge in [0.05, 0.1) is 11.0 Å². The maximum absolute atomic E-state index is 11.1. The van der Waals surface area contributed by atoms with Crippen LogP contribution >= 0.6 is 11.8 Å². The van der Waals surface area contributed by atoms with Crippen molar-refractivity contribution in [1.29, 1.82) is 0 Å². The van der Waals surface area contributed by atoms with E-state index in [2.05, 4.69) is 10.3 Å². The molecule has 23 heavy (non-hydrogen) atoms. The van der Waals surface area contributed by atoms with Crippen molar-refractivity contribution in [3.8, 4) is 0 Å². The molecule has 0 spiro atoms. The van der Waals surface area contributed by atoms with E-state index in [1.54, 1.807) is 16.3 Å². The van der Waals surface area contributed by atoms with Crippen LogP contribution in [0.3, 0.4) is 0 Å². The number of fused-ring (bicyclic) bond motifs is 1. The zero-order valence-electron chi connectivity index (χ0n) is 12.5. The second-order valence-electron chi connectivity index (χ2n) is 5.00. The van der Waals surface area contributed by atoms with Gasteiger partial charge in [-0.15, -0.1) is 0 Å². The van der Waals surface area contributed by atoms with Crippen LogP contribution in [0.2, 0.25) is 0 Å². The number of thioether (sulfide) groups is 1. The number of nitrogens with zero attached hydrogens (tertiary/aromatic N) is 2. The highest BCUT2D eigenvalue weighted by Gasteiger charge is 2.13. The van der Waals surface area contributed by atoms with E-state index in [0.717, 1.165) is 34.2 Å². The van der Waals surface area contributed by atoms with Gasteiger partial charge in [0.25, 0.3) is 0 Å². The van der Waals surface area contributed by atoms with Gasteiger partial charge >= 0.3 is 5.97 Å². The molecule has 3 rings (SSSR count). The number of aliphatic carboxylic acids is 1. The number of imidazole rings is 1. The van der Waals surface area contributed by atoms with Crippen LogP contribution in [-0.2, 0) is 11.3 Å². The summed E-state index contributed by atoms with van der Waals surface area (Å²) >= 11 is 1.56. The number of nitrogens with one attached hydrogen (secondary N) is 1. The third-order valence-corrected chi connectivity index (χ3v) is 4.33. The van der Waals surface area contributed by atoms with E-state index >= 15 is 0 Å². The summed E-state index contributed by atoms with van der Waals surface area (Å²) in [6.07, 6.45) is 0. The summed E-state index contributed by atoms with van der Waals surface area (Å²) in [5, 5.41) is 13.2. The molecule has 118 valence electrons. The van der Waals surface area contributed by atoms with Crippen LogP contribution in [0.4, 0.5) is 5.69 Å². The van der Waals surface area contributed by atoms with Gasteiger partial charge in [-0.05, 0) is 24.3 Å². The van der Waals surface area contributed by atoms with Crippen LogP contribution in [0.5, 0.6) is 0 Å². The first kappa shape index (κ1) is 15.4. The van der Waals surface area contributed by atoms with E-state index in [1.807, 2.05) is 54.6 Å². The second-order valence-corrected chi connectivity index (χ2v) is 6.07. The largest absolute Gasteiger partial charge is 0.480 e. The number of carbonyl (C=O) groups is 1. The molecule has 2 aromatic carbocycles. The fourth-order valence-electron chi connectivity index (χ4n) is 2.35. The van der Waals surface area contributed by atoms with Gasteiger partial charge in [-0.2, -0.15) is 0 Å². The smallest absolute Gasteiger partial charge is 0.323 e. The molecule has 3 aromatic rings. The summed E-state index contributed by atoms with van der Waals surface area (Å²) in [6, 6.07) is 17.6. The summed E-state index contributed by atoms with van der Waals surface area (Å²) in [6.45, 7) is 0.708. The van der Waals surface area contributed by atoms with Crippen molar-refractivity contribution in [2.45, 2.75) is 11.7 Å². The predicted octanol–water partition coefficient (Wildman–Crippen LogP) is 3.33. The lowest BCUT2D eigenvalue weighted by atomic mass is 10.3. The van der Waals surface area contributed by atoms with Crippen LogP contribution in [0, 0.1) is 0 Å². The van der Waals surface area contributed by atoms with Crippen molar-refractivity contribution in [2.75, 3.05) is 17.6 Å². The van der Waals surface area contributed by atoms with E-state index in [-0.39, 0.29) is 6.54 Å². The molecule has 0 fully saturated rings. The number of hydrogen-bond acceptors (Lipinski definition) is 4. The Balaban J connectivity index is 1.68. The lowest BCUT2D eigenvalue weighted by molar-refractivity contribution is -0.137. The van der Waals surface area contributed by atoms with E-state index in [1.165, 1.54) is 0 Å². The van der Waals surface area contributed by atoms with Crippen LogP contribution in [0.15, 0.2) is 59.8 Å². The number of aromatic nitrogens is 2. The molecule has 6 heteroatoms. The van der Waals surface area contributed by atoms with Gasteiger partial charge in [-0.3, -0.25) is 4.79 Å². The van der Waals surface area contributed by atoms with Crippen molar-refractivity contribution in [1.82, 2.24) is 9.55 Å². The van der Waals surface area contributed by atoms with Gasteiger partial charge in [0.1, 0.15) is 6.54 Å². The standard InChI is InChI=1S/C17H17N3O2S/c21-16(22)12-20-15-9-5-4-8-14(15)19-17(20)23-11-10-18-13-6-2-1-3-7-13/h1-9,18H,10-12H2,(H,21,22). The van der Waals surface area contributed by atoms with Crippen LogP contribution in [0.1, 0.15) is 0 Å². The average molecular weight is 327 g/mol. The molecule has 0 atom stereocenters. The molecule has 0 saturated carbocycles. The molecule has 0 unspecified atom stereocenters. The minimum atomic E-state index is -0.864. The molecule has 0 aliphatic heterocycles. The fourth-order valence-corrected chi connectivity index (χ4v) is 3.21. The topological polar surface area (TPSA) is 67.2 Å². The van der Waals surface area contributed by atoms with E-state index in [4.69, 9.17) is 5.11 Å². The molecule has 5 nitrogen and oxygen atoms in total. The van der Waals surface area contributed by atoms with Crippen LogP contribution < -0.4 is 5.32 Å². The Morgan fingerprint density at radius 3 is 2.65 bits per heavy atom. The van der Waals surface area contributed by atoms with Gasteiger partial charge in [-0.25, -0.2) is 4.98 Å². The quantitative estimate of drug-likeness (QED) is 0.515. The van der Waals surface area contributed by atoms with Gasteiger partial charge < -0.3 is 15.0 Å². The average Bonchev–Trinajstić information content (AvgIpc) is 2.90. The molecule has 0 aliphatic rings. The van der Waals surface area contributed by atoms with Crippen molar-refractivity contribution >= 4 is 34.5 Å². The van der Waals surface area contributed by atoms with Gasteiger partial charge in [0.2, 0.25) is 0 Å². The minimum Gasteiger partial charge on any atom is -0.480 e. The minimum absolute atomic E-state index is 0.0744. The summed E-state index contributed by atoms with van der Waals surface area (Å²) in [5.41, 5.74) is 2.76. The van der Waals surface area contributed by atoms with Crippen LogP contribution in [-0.4, -0.2) is 32.9 Å². The molecule has 1 heterocycles. The molecule has 0 radical (unpaired) electrons. The highest BCUT2D eigenvalue weighted by molar-refractivity contribution is 7.99. The Kier molecular flexibility index (Phi) is 4.83. The lowest BCUT2D eigenvalue weighted by Gasteiger charge is -2.07. The highest BCUT2D eigenvalue weighted by Crippen LogP contribution is 2.24. The van der Waals surface area contributed by atoms with Crippen molar-refractivity contribution in [3.05, 3.63) is 54.6 Å². The molecule has 0 bridgehead atoms. The molecule has 1 aromatic heterocycles. The maximum Gasteiger partial charge on any atom is 0.323 e. The van der Waals surface area contributed by atoms with Crippen molar-refractivity contribution in [2.24, 2.45) is 0 Å². The molecule has 0 amide bonds. The summed E-state index contributed by atoms with van der Waals surface area (Å²) in [4.78, 5) is 15.7. The van der Waals surface area contributed by atoms with Crippen LogP contribution in [0.25, 0.3) is 11.0 Å². The highest BCUT2D eigenvalue weighted by atomic mass is 32.2. The van der Waals surface area contributed by atoms with E-state index in [9.17, 15) is 4.79 Å². The summed E-state index contributed by atoms with van der Waals surface area (Å²) < 4.78 is 1.75. The second kappa shape index (κ2) is 7.19. The van der Waals surface area contributed by atoms with Crippen molar-refractivity contribution in [3.63, 3.8) is 0 Å². The van der Waals surface area contributed by atoms with Gasteiger partial charge in [-0.1, -0.05) is 42.1 Å². The number of anilines is 1. The third-order valence-electron chi connectivity index (χ3n) is 3.35. The Morgan fingerprint density at radius 2 is 1.87 bits per heavy atom. The number of benzene rings is 2. The summed E-state index contributed by atoms with van der Waals surface area (Å²) in [5.74, 6) is -0.0601. The Morgan fingerprint density at radius 1 is 1.13 bits per heavy atom. The Bertz CT molecular complexity index is 802. The third kappa shape index (κ3) is 3.84. The molecule has 0 saturated heterocycles. The zero-order chi connectivity index (χ0) is 16.1.